The fourth-order valence-corrected chi connectivity index (χ4v) is 2.52. The number of aromatic nitrogens is 3. The van der Waals surface area contributed by atoms with E-state index < -0.39 is 5.91 Å². The number of carbonyl (C=O) groups excluding carboxylic acids is 1. The van der Waals surface area contributed by atoms with Gasteiger partial charge in [-0.15, -0.1) is 0 Å². The highest BCUT2D eigenvalue weighted by atomic mass is 35.5. The van der Waals surface area contributed by atoms with Gasteiger partial charge in [0.05, 0.1) is 10.5 Å². The van der Waals surface area contributed by atoms with Crippen LogP contribution < -0.4 is 10.7 Å². The number of pyridine rings is 1. The van der Waals surface area contributed by atoms with E-state index in [9.17, 15) is 9.59 Å². The average Bonchev–Trinajstić information content (AvgIpc) is 2.51. The third kappa shape index (κ3) is 2.44. The van der Waals surface area contributed by atoms with Gasteiger partial charge >= 0.3 is 0 Å². The first-order chi connectivity index (χ1) is 10.6. The Labute approximate surface area is 130 Å². The molecule has 1 N–H and O–H groups in total. The summed E-state index contributed by atoms with van der Waals surface area (Å²) >= 11 is 6.12. The molecule has 110 valence electrons. The van der Waals surface area contributed by atoms with Gasteiger partial charge in [0.15, 0.2) is 0 Å². The van der Waals surface area contributed by atoms with Crippen LogP contribution in [0.4, 0.5) is 5.95 Å². The first-order valence-electron chi connectivity index (χ1n) is 6.44. The summed E-state index contributed by atoms with van der Waals surface area (Å²) in [7, 11) is 1.73. The van der Waals surface area contributed by atoms with Crippen molar-refractivity contribution in [2.75, 3.05) is 5.32 Å². The Morgan fingerprint density at radius 2 is 1.95 bits per heavy atom. The van der Waals surface area contributed by atoms with Crippen LogP contribution in [-0.4, -0.2) is 20.4 Å². The fourth-order valence-electron chi connectivity index (χ4n) is 2.21. The molecule has 0 aliphatic rings. The van der Waals surface area contributed by atoms with Crippen molar-refractivity contribution >= 4 is 34.4 Å². The van der Waals surface area contributed by atoms with Gasteiger partial charge in [-0.2, -0.15) is 0 Å². The van der Waals surface area contributed by atoms with E-state index in [4.69, 9.17) is 11.6 Å². The van der Waals surface area contributed by atoms with Crippen molar-refractivity contribution < 1.29 is 4.79 Å². The molecule has 22 heavy (non-hydrogen) atoms. The second kappa shape index (κ2) is 5.57. The largest absolute Gasteiger partial charge is 0.348 e. The van der Waals surface area contributed by atoms with Gasteiger partial charge < -0.3 is 4.57 Å². The van der Waals surface area contributed by atoms with Crippen molar-refractivity contribution in [1.82, 2.24) is 14.5 Å². The number of rotatable bonds is 2. The second-order valence-corrected chi connectivity index (χ2v) is 5.05. The maximum atomic E-state index is 12.5. The smallest absolute Gasteiger partial charge is 0.263 e. The molecule has 3 aromatic rings. The molecule has 1 aromatic carbocycles. The highest BCUT2D eigenvalue weighted by molar-refractivity contribution is 6.35. The molecule has 0 saturated heterocycles. The van der Waals surface area contributed by atoms with Crippen molar-refractivity contribution in [3.05, 3.63) is 63.7 Å². The third-order valence-electron chi connectivity index (χ3n) is 3.19. The number of anilines is 1. The van der Waals surface area contributed by atoms with E-state index in [1.165, 1.54) is 18.6 Å². The lowest BCUT2D eigenvalue weighted by atomic mass is 10.1. The number of amides is 1. The van der Waals surface area contributed by atoms with Gasteiger partial charge in [0.1, 0.15) is 5.56 Å². The minimum absolute atomic E-state index is 0.00437. The summed E-state index contributed by atoms with van der Waals surface area (Å²) in [6.45, 7) is 0. The summed E-state index contributed by atoms with van der Waals surface area (Å²) < 4.78 is 1.65. The van der Waals surface area contributed by atoms with Gasteiger partial charge in [-0.25, -0.2) is 9.97 Å². The van der Waals surface area contributed by atoms with E-state index in [-0.39, 0.29) is 16.9 Å². The molecular weight excluding hydrogens is 304 g/mol. The normalized spacial score (nSPS) is 10.6. The molecule has 0 atom stereocenters. The van der Waals surface area contributed by atoms with Crippen molar-refractivity contribution in [1.29, 1.82) is 0 Å². The number of fused-ring (bicyclic) bond motifs is 1. The molecule has 0 bridgehead atoms. The van der Waals surface area contributed by atoms with Crippen LogP contribution in [-0.2, 0) is 7.05 Å². The molecule has 0 fully saturated rings. The first-order valence-corrected chi connectivity index (χ1v) is 6.82. The molecule has 2 heterocycles. The SMILES string of the molecule is Cn1cc(C(=O)Nc2ncccn2)c(=O)c2cccc(Cl)c21. The van der Waals surface area contributed by atoms with Crippen molar-refractivity contribution in [2.45, 2.75) is 0 Å². The lowest BCUT2D eigenvalue weighted by Gasteiger charge is -2.10. The van der Waals surface area contributed by atoms with Gasteiger partial charge in [0, 0.05) is 31.0 Å². The number of benzene rings is 1. The maximum Gasteiger partial charge on any atom is 0.263 e. The number of halogens is 1. The summed E-state index contributed by atoms with van der Waals surface area (Å²) in [6, 6.07) is 6.64. The zero-order valence-electron chi connectivity index (χ0n) is 11.6. The zero-order chi connectivity index (χ0) is 15.7. The Morgan fingerprint density at radius 3 is 2.68 bits per heavy atom. The van der Waals surface area contributed by atoms with E-state index in [2.05, 4.69) is 15.3 Å². The van der Waals surface area contributed by atoms with Crippen LogP contribution in [0.15, 0.2) is 47.7 Å². The van der Waals surface area contributed by atoms with Crippen molar-refractivity contribution in [3.8, 4) is 0 Å². The zero-order valence-corrected chi connectivity index (χ0v) is 12.3. The number of nitrogens with one attached hydrogen (secondary N) is 1. The molecule has 0 aliphatic carbocycles. The molecule has 1 amide bonds. The minimum atomic E-state index is -0.561. The van der Waals surface area contributed by atoms with Crippen LogP contribution in [0.3, 0.4) is 0 Å². The quantitative estimate of drug-likeness (QED) is 0.787. The summed E-state index contributed by atoms with van der Waals surface area (Å²) in [6.07, 6.45) is 4.45. The van der Waals surface area contributed by atoms with E-state index in [0.29, 0.717) is 15.9 Å². The first kappa shape index (κ1) is 14.2. The topological polar surface area (TPSA) is 76.9 Å². The maximum absolute atomic E-state index is 12.5. The number of para-hydroxylation sites is 1. The Balaban J connectivity index is 2.10. The Hall–Kier alpha value is -2.73. The van der Waals surface area contributed by atoms with Crippen molar-refractivity contribution in [3.63, 3.8) is 0 Å². The average molecular weight is 315 g/mol. The van der Waals surface area contributed by atoms with Crippen LogP contribution in [0.2, 0.25) is 5.02 Å². The Morgan fingerprint density at radius 1 is 1.23 bits per heavy atom. The number of aryl methyl sites for hydroxylation is 1. The lowest BCUT2D eigenvalue weighted by molar-refractivity contribution is 0.102. The summed E-state index contributed by atoms with van der Waals surface area (Å²) in [4.78, 5) is 32.6. The standard InChI is InChI=1S/C15H11ClN4O2/c1-20-8-10(14(22)19-15-17-6-3-7-18-15)13(21)9-4-2-5-11(16)12(9)20/h2-8H,1H3,(H,17,18,19,22). The van der Waals surface area contributed by atoms with E-state index in [0.717, 1.165) is 0 Å². The number of nitrogens with zero attached hydrogens (tertiary/aromatic N) is 3. The van der Waals surface area contributed by atoms with E-state index in [1.54, 1.807) is 35.9 Å². The molecular formula is C15H11ClN4O2. The molecule has 7 heteroatoms. The fraction of sp³-hybridized carbons (Fsp3) is 0.0667. The van der Waals surface area contributed by atoms with Crippen molar-refractivity contribution in [2.24, 2.45) is 7.05 Å². The molecule has 2 aromatic heterocycles. The highest BCUT2D eigenvalue weighted by Gasteiger charge is 2.16. The van der Waals surface area contributed by atoms with Crippen LogP contribution in [0.25, 0.3) is 10.9 Å². The van der Waals surface area contributed by atoms with E-state index in [1.807, 2.05) is 0 Å². The molecule has 6 nitrogen and oxygen atoms in total. The van der Waals surface area contributed by atoms with Crippen LogP contribution >= 0.6 is 11.6 Å². The van der Waals surface area contributed by atoms with Gasteiger partial charge in [0.2, 0.25) is 11.4 Å². The summed E-state index contributed by atoms with van der Waals surface area (Å²) in [5.74, 6) is -0.422. The predicted molar refractivity (Wildman–Crippen MR) is 84.2 cm³/mol. The highest BCUT2D eigenvalue weighted by Crippen LogP contribution is 2.20. The number of carbonyl (C=O) groups is 1. The Bertz CT molecular complexity index is 922. The van der Waals surface area contributed by atoms with Gasteiger partial charge in [-0.1, -0.05) is 17.7 Å². The lowest BCUT2D eigenvalue weighted by Crippen LogP contribution is -2.24. The van der Waals surface area contributed by atoms with Gasteiger partial charge in [-0.05, 0) is 18.2 Å². The molecule has 0 spiro atoms. The van der Waals surface area contributed by atoms with Crippen LogP contribution in [0, 0.1) is 0 Å². The van der Waals surface area contributed by atoms with Crippen LogP contribution in [0.1, 0.15) is 10.4 Å². The second-order valence-electron chi connectivity index (χ2n) is 4.65. The number of hydrogen-bond acceptors (Lipinski definition) is 4. The monoisotopic (exact) mass is 314 g/mol. The predicted octanol–water partition coefficient (Wildman–Crippen LogP) is 2.23. The molecule has 0 aliphatic heterocycles. The molecule has 0 unspecified atom stereocenters. The minimum Gasteiger partial charge on any atom is -0.348 e. The summed E-state index contributed by atoms with van der Waals surface area (Å²) in [5, 5.41) is 3.34. The molecule has 3 rings (SSSR count). The summed E-state index contributed by atoms with van der Waals surface area (Å²) in [5.41, 5.74) is 0.204. The van der Waals surface area contributed by atoms with E-state index >= 15 is 0 Å². The number of hydrogen-bond donors (Lipinski definition) is 1. The molecule has 0 radical (unpaired) electrons. The third-order valence-corrected chi connectivity index (χ3v) is 3.49. The van der Waals surface area contributed by atoms with Gasteiger partial charge in [0.25, 0.3) is 5.91 Å². The molecule has 0 saturated carbocycles. The van der Waals surface area contributed by atoms with Crippen LogP contribution in [0.5, 0.6) is 0 Å². The Kier molecular flexibility index (Phi) is 3.60. The van der Waals surface area contributed by atoms with Gasteiger partial charge in [-0.3, -0.25) is 14.9 Å².